The van der Waals surface area contributed by atoms with Crippen molar-refractivity contribution >= 4 is 29.9 Å². The van der Waals surface area contributed by atoms with Crippen molar-refractivity contribution in [1.82, 2.24) is 15.1 Å². The molecule has 1 unspecified atom stereocenters. The fourth-order valence-electron chi connectivity index (χ4n) is 2.56. The van der Waals surface area contributed by atoms with Crippen molar-refractivity contribution in [3.63, 3.8) is 0 Å². The molecule has 0 radical (unpaired) electrons. The quantitative estimate of drug-likeness (QED) is 0.363. The number of nitrogens with zero attached hydrogens (tertiary/aromatic N) is 3. The average molecular weight is 413 g/mol. The van der Waals surface area contributed by atoms with E-state index in [-0.39, 0.29) is 30.0 Å². The first kappa shape index (κ1) is 20.9. The summed E-state index contributed by atoms with van der Waals surface area (Å²) in [6.45, 7) is 6.72. The van der Waals surface area contributed by atoms with E-state index in [1.165, 1.54) is 12.8 Å². The number of methoxy groups -OCH3 is 1. The Bertz CT molecular complexity index is 293. The molecule has 0 aliphatic carbocycles. The Morgan fingerprint density at radius 1 is 1.43 bits per heavy atom. The van der Waals surface area contributed by atoms with Crippen molar-refractivity contribution in [2.75, 3.05) is 54.0 Å². The van der Waals surface area contributed by atoms with Crippen LogP contribution in [-0.2, 0) is 4.74 Å². The summed E-state index contributed by atoms with van der Waals surface area (Å²) in [5.41, 5.74) is 5.84. The molecule has 0 bridgehead atoms. The third kappa shape index (κ3) is 8.80. The minimum atomic E-state index is 0. The van der Waals surface area contributed by atoms with E-state index in [1.807, 2.05) is 6.92 Å². The van der Waals surface area contributed by atoms with Gasteiger partial charge in [-0.15, -0.1) is 24.0 Å². The van der Waals surface area contributed by atoms with Crippen LogP contribution in [0.25, 0.3) is 0 Å². The first-order valence-electron chi connectivity index (χ1n) is 7.47. The number of hydrogen-bond acceptors (Lipinski definition) is 4. The summed E-state index contributed by atoms with van der Waals surface area (Å²) < 4.78 is 5.05. The summed E-state index contributed by atoms with van der Waals surface area (Å²) in [4.78, 5) is 9.17. The maximum Gasteiger partial charge on any atom is 0.188 e. The van der Waals surface area contributed by atoms with Gasteiger partial charge < -0.3 is 25.6 Å². The largest absolute Gasteiger partial charge is 0.383 e. The van der Waals surface area contributed by atoms with Gasteiger partial charge in [-0.05, 0) is 47.0 Å². The minimum absolute atomic E-state index is 0. The molecule has 0 aromatic carbocycles. The molecular weight excluding hydrogens is 381 g/mol. The van der Waals surface area contributed by atoms with Crippen LogP contribution in [0.1, 0.15) is 19.8 Å². The SMILES string of the molecule is COCC(C)NC(N)=NCCN1CCC(N(C)C)CC1.I. The molecule has 1 atom stereocenters. The topological polar surface area (TPSA) is 66.1 Å². The van der Waals surface area contributed by atoms with E-state index in [0.717, 1.165) is 32.2 Å². The maximum atomic E-state index is 5.84. The summed E-state index contributed by atoms with van der Waals surface area (Å²) in [6.07, 6.45) is 2.49. The molecule has 1 fully saturated rings. The molecule has 21 heavy (non-hydrogen) atoms. The summed E-state index contributed by atoms with van der Waals surface area (Å²) in [7, 11) is 6.01. The second kappa shape index (κ2) is 11.4. The third-order valence-corrected chi connectivity index (χ3v) is 3.80. The van der Waals surface area contributed by atoms with Crippen LogP contribution in [-0.4, -0.2) is 81.8 Å². The monoisotopic (exact) mass is 413 g/mol. The maximum absolute atomic E-state index is 5.84. The van der Waals surface area contributed by atoms with E-state index >= 15 is 0 Å². The molecule has 0 saturated carbocycles. The Kier molecular flexibility index (Phi) is 11.4. The van der Waals surface area contributed by atoms with Crippen LogP contribution < -0.4 is 11.1 Å². The summed E-state index contributed by atoms with van der Waals surface area (Å²) in [5, 5.41) is 3.12. The molecule has 0 amide bonds. The number of guanidine groups is 1. The number of likely N-dealkylation sites (tertiary alicyclic amines) is 1. The number of ether oxygens (including phenoxy) is 1. The van der Waals surface area contributed by atoms with Gasteiger partial charge in [-0.3, -0.25) is 4.99 Å². The molecule has 1 saturated heterocycles. The van der Waals surface area contributed by atoms with Gasteiger partial charge in [0.25, 0.3) is 0 Å². The lowest BCUT2D eigenvalue weighted by molar-refractivity contribution is 0.148. The molecule has 0 aromatic heterocycles. The number of rotatable bonds is 7. The van der Waals surface area contributed by atoms with E-state index in [9.17, 15) is 0 Å². The summed E-state index contributed by atoms with van der Waals surface area (Å²) >= 11 is 0. The van der Waals surface area contributed by atoms with E-state index in [0.29, 0.717) is 12.6 Å². The number of piperidine rings is 1. The van der Waals surface area contributed by atoms with Crippen molar-refractivity contribution in [2.45, 2.75) is 31.8 Å². The highest BCUT2D eigenvalue weighted by atomic mass is 127. The Morgan fingerprint density at radius 3 is 2.57 bits per heavy atom. The van der Waals surface area contributed by atoms with Crippen molar-refractivity contribution < 1.29 is 4.74 Å². The molecule has 1 rings (SSSR count). The van der Waals surface area contributed by atoms with Gasteiger partial charge in [-0.2, -0.15) is 0 Å². The molecule has 7 heteroatoms. The molecule has 0 aromatic rings. The van der Waals surface area contributed by atoms with Gasteiger partial charge in [0.1, 0.15) is 0 Å². The standard InChI is InChI=1S/C14H31N5O.HI/c1-12(11-20-4)17-14(15)16-7-10-19-8-5-13(6-9-19)18(2)3;/h12-13H,5-11H2,1-4H3,(H3,15,16,17);1H. The van der Waals surface area contributed by atoms with Crippen LogP contribution in [0, 0.1) is 0 Å². The number of aliphatic imine (C=N–C) groups is 1. The molecule has 1 heterocycles. The Labute approximate surface area is 146 Å². The van der Waals surface area contributed by atoms with Gasteiger partial charge in [0.05, 0.1) is 13.2 Å². The molecular formula is C14H32IN5O. The van der Waals surface area contributed by atoms with Crippen LogP contribution in [0.3, 0.4) is 0 Å². The smallest absolute Gasteiger partial charge is 0.188 e. The van der Waals surface area contributed by atoms with E-state index in [1.54, 1.807) is 7.11 Å². The Hall–Kier alpha value is -0.120. The highest BCUT2D eigenvalue weighted by Crippen LogP contribution is 2.13. The Balaban J connectivity index is 0.00000400. The highest BCUT2D eigenvalue weighted by molar-refractivity contribution is 14.0. The van der Waals surface area contributed by atoms with Crippen molar-refractivity contribution in [1.29, 1.82) is 0 Å². The lowest BCUT2D eigenvalue weighted by atomic mass is 10.0. The zero-order valence-corrected chi connectivity index (χ0v) is 16.2. The molecule has 1 aliphatic heterocycles. The fourth-order valence-corrected chi connectivity index (χ4v) is 2.56. The number of hydrogen-bond donors (Lipinski definition) is 2. The third-order valence-electron chi connectivity index (χ3n) is 3.80. The average Bonchev–Trinajstić information content (AvgIpc) is 2.39. The van der Waals surface area contributed by atoms with Gasteiger partial charge in [0.15, 0.2) is 5.96 Å². The molecule has 1 aliphatic rings. The van der Waals surface area contributed by atoms with E-state index in [4.69, 9.17) is 10.5 Å². The van der Waals surface area contributed by atoms with Crippen LogP contribution in [0.5, 0.6) is 0 Å². The Morgan fingerprint density at radius 2 is 2.05 bits per heavy atom. The number of nitrogens with two attached hydrogens (primary N) is 1. The lowest BCUT2D eigenvalue weighted by Crippen LogP contribution is -2.43. The van der Waals surface area contributed by atoms with Crippen LogP contribution in [0.15, 0.2) is 4.99 Å². The summed E-state index contributed by atoms with van der Waals surface area (Å²) in [6, 6.07) is 0.927. The first-order valence-corrected chi connectivity index (χ1v) is 7.47. The zero-order valence-electron chi connectivity index (χ0n) is 13.8. The van der Waals surface area contributed by atoms with Crippen molar-refractivity contribution in [3.05, 3.63) is 0 Å². The van der Waals surface area contributed by atoms with Crippen LogP contribution in [0.4, 0.5) is 0 Å². The zero-order chi connectivity index (χ0) is 15.0. The highest BCUT2D eigenvalue weighted by Gasteiger charge is 2.19. The normalized spacial score (nSPS) is 19.4. The lowest BCUT2D eigenvalue weighted by Gasteiger charge is -2.34. The van der Waals surface area contributed by atoms with E-state index < -0.39 is 0 Å². The predicted octanol–water partition coefficient (Wildman–Crippen LogP) is 0.570. The van der Waals surface area contributed by atoms with Gasteiger partial charge >= 0.3 is 0 Å². The number of halogens is 1. The van der Waals surface area contributed by atoms with Gasteiger partial charge in [-0.1, -0.05) is 0 Å². The molecule has 6 nitrogen and oxygen atoms in total. The minimum Gasteiger partial charge on any atom is -0.383 e. The van der Waals surface area contributed by atoms with Crippen LogP contribution >= 0.6 is 24.0 Å². The summed E-state index contributed by atoms with van der Waals surface area (Å²) in [5.74, 6) is 0.512. The van der Waals surface area contributed by atoms with Gasteiger partial charge in [0, 0.05) is 25.7 Å². The van der Waals surface area contributed by atoms with Gasteiger partial charge in [0.2, 0.25) is 0 Å². The second-order valence-corrected chi connectivity index (χ2v) is 5.80. The first-order chi connectivity index (χ1) is 9.52. The second-order valence-electron chi connectivity index (χ2n) is 5.80. The fraction of sp³-hybridized carbons (Fsp3) is 0.929. The van der Waals surface area contributed by atoms with Gasteiger partial charge in [-0.25, -0.2) is 0 Å². The molecule has 3 N–H and O–H groups in total. The van der Waals surface area contributed by atoms with Crippen LogP contribution in [0.2, 0.25) is 0 Å². The van der Waals surface area contributed by atoms with Crippen molar-refractivity contribution in [2.24, 2.45) is 10.7 Å². The molecule has 126 valence electrons. The predicted molar refractivity (Wildman–Crippen MR) is 99.5 cm³/mol. The molecule has 0 spiro atoms. The van der Waals surface area contributed by atoms with E-state index in [2.05, 4.69) is 34.2 Å². The van der Waals surface area contributed by atoms with Crippen molar-refractivity contribution in [3.8, 4) is 0 Å². The number of nitrogens with one attached hydrogen (secondary N) is 1.